The van der Waals surface area contributed by atoms with Crippen molar-refractivity contribution in [2.45, 2.75) is 57.7 Å². The van der Waals surface area contributed by atoms with Gasteiger partial charge in [-0.25, -0.2) is 4.79 Å². The van der Waals surface area contributed by atoms with Gasteiger partial charge >= 0.3 is 5.97 Å². The van der Waals surface area contributed by atoms with Crippen molar-refractivity contribution in [3.05, 3.63) is 35.4 Å². The lowest BCUT2D eigenvalue weighted by Crippen LogP contribution is -2.62. The lowest BCUT2D eigenvalue weighted by Gasteiger charge is -2.46. The van der Waals surface area contributed by atoms with Crippen LogP contribution < -0.4 is 10.6 Å². The number of aromatic carboxylic acids is 1. The molecule has 1 aromatic carbocycles. The summed E-state index contributed by atoms with van der Waals surface area (Å²) in [4.78, 5) is 23.7. The zero-order valence-corrected chi connectivity index (χ0v) is 13.6. The summed E-state index contributed by atoms with van der Waals surface area (Å²) in [6.07, 6.45) is 1.61. The molecule has 5 nitrogen and oxygen atoms in total. The number of nitrogens with one attached hydrogen (secondary N) is 2. The highest BCUT2D eigenvalue weighted by Crippen LogP contribution is 2.28. The quantitative estimate of drug-likeness (QED) is 0.801. The minimum Gasteiger partial charge on any atom is -0.478 e. The van der Waals surface area contributed by atoms with Crippen LogP contribution >= 0.6 is 0 Å². The number of piperidine rings is 1. The molecule has 1 amide bonds. The summed E-state index contributed by atoms with van der Waals surface area (Å²) < 4.78 is 0. The molecular formula is C17H24N2O3. The zero-order chi connectivity index (χ0) is 16.5. The number of carboxylic acids is 1. The maximum absolute atomic E-state index is 12.5. The van der Waals surface area contributed by atoms with Crippen LogP contribution in [0.3, 0.4) is 0 Å². The van der Waals surface area contributed by atoms with Gasteiger partial charge in [0.05, 0.1) is 11.1 Å². The molecule has 0 atom stereocenters. The lowest BCUT2D eigenvalue weighted by molar-refractivity contribution is 0.0688. The lowest BCUT2D eigenvalue weighted by atomic mass is 9.79. The number of carbonyl (C=O) groups excluding carboxylic acids is 1. The second-order valence-corrected chi connectivity index (χ2v) is 7.32. The maximum Gasteiger partial charge on any atom is 0.336 e. The minimum atomic E-state index is -1.09. The molecule has 1 aromatic rings. The van der Waals surface area contributed by atoms with Gasteiger partial charge in [0.2, 0.25) is 0 Å². The summed E-state index contributed by atoms with van der Waals surface area (Å²) in [5.41, 5.74) is 0.0921. The molecule has 0 saturated carbocycles. The molecule has 5 heteroatoms. The summed E-state index contributed by atoms with van der Waals surface area (Å²) >= 11 is 0. The van der Waals surface area contributed by atoms with E-state index in [1.807, 2.05) is 0 Å². The first-order valence-electron chi connectivity index (χ1n) is 7.52. The molecule has 0 bridgehead atoms. The monoisotopic (exact) mass is 304 g/mol. The van der Waals surface area contributed by atoms with Crippen molar-refractivity contribution in [2.75, 3.05) is 0 Å². The normalized spacial score (nSPS) is 20.4. The Hall–Kier alpha value is -1.88. The van der Waals surface area contributed by atoms with Crippen molar-refractivity contribution in [2.24, 2.45) is 0 Å². The number of hydrogen-bond donors (Lipinski definition) is 3. The molecule has 0 unspecified atom stereocenters. The molecule has 0 radical (unpaired) electrons. The number of carbonyl (C=O) groups is 2. The fourth-order valence-corrected chi connectivity index (χ4v) is 3.56. The van der Waals surface area contributed by atoms with Crippen LogP contribution in [0.1, 0.15) is 61.3 Å². The molecule has 1 aliphatic heterocycles. The van der Waals surface area contributed by atoms with Gasteiger partial charge in [-0.3, -0.25) is 4.79 Å². The largest absolute Gasteiger partial charge is 0.478 e. The molecule has 0 aromatic heterocycles. The van der Waals surface area contributed by atoms with E-state index in [0.717, 1.165) is 12.8 Å². The fourth-order valence-electron chi connectivity index (χ4n) is 3.56. The van der Waals surface area contributed by atoms with E-state index in [9.17, 15) is 14.7 Å². The van der Waals surface area contributed by atoms with Crippen molar-refractivity contribution in [3.8, 4) is 0 Å². The Morgan fingerprint density at radius 2 is 1.59 bits per heavy atom. The molecule has 0 aliphatic carbocycles. The fraction of sp³-hybridized carbons (Fsp3) is 0.529. The molecule has 120 valence electrons. The number of hydrogen-bond acceptors (Lipinski definition) is 3. The minimum absolute atomic E-state index is 0.0144. The molecule has 1 heterocycles. The average molecular weight is 304 g/mol. The van der Waals surface area contributed by atoms with Gasteiger partial charge in [-0.05, 0) is 52.7 Å². The van der Waals surface area contributed by atoms with E-state index in [1.165, 1.54) is 6.07 Å². The smallest absolute Gasteiger partial charge is 0.336 e. The molecule has 1 aliphatic rings. The maximum atomic E-state index is 12.5. The molecule has 1 fully saturated rings. The molecule has 0 spiro atoms. The van der Waals surface area contributed by atoms with Gasteiger partial charge in [-0.15, -0.1) is 0 Å². The van der Waals surface area contributed by atoms with E-state index in [4.69, 9.17) is 0 Å². The van der Waals surface area contributed by atoms with E-state index in [0.29, 0.717) is 0 Å². The van der Waals surface area contributed by atoms with Crippen LogP contribution in [-0.2, 0) is 0 Å². The molecule has 3 N–H and O–H groups in total. The Morgan fingerprint density at radius 3 is 2.09 bits per heavy atom. The first-order valence-corrected chi connectivity index (χ1v) is 7.52. The van der Waals surface area contributed by atoms with E-state index in [2.05, 4.69) is 38.3 Å². The van der Waals surface area contributed by atoms with Crippen LogP contribution in [0.2, 0.25) is 0 Å². The van der Waals surface area contributed by atoms with E-state index >= 15 is 0 Å². The second-order valence-electron chi connectivity index (χ2n) is 7.32. The van der Waals surface area contributed by atoms with Crippen LogP contribution in [0.5, 0.6) is 0 Å². The first-order chi connectivity index (χ1) is 10.1. The predicted octanol–water partition coefficient (Wildman–Crippen LogP) is 2.42. The summed E-state index contributed by atoms with van der Waals surface area (Å²) in [7, 11) is 0. The highest BCUT2D eigenvalue weighted by molar-refractivity contribution is 6.04. The van der Waals surface area contributed by atoms with Gasteiger partial charge in [0.1, 0.15) is 0 Å². The second kappa shape index (κ2) is 5.72. The van der Waals surface area contributed by atoms with E-state index in [-0.39, 0.29) is 34.2 Å². The Bertz CT molecular complexity index is 577. The molecule has 2 rings (SSSR count). The number of rotatable bonds is 3. The van der Waals surface area contributed by atoms with Gasteiger partial charge in [-0.1, -0.05) is 12.1 Å². The number of amides is 1. The summed E-state index contributed by atoms with van der Waals surface area (Å²) in [6, 6.07) is 6.32. The third kappa shape index (κ3) is 3.85. The molecule has 1 saturated heterocycles. The summed E-state index contributed by atoms with van der Waals surface area (Å²) in [6.45, 7) is 8.44. The SMILES string of the molecule is CC1(C)CC(NC(=O)c2ccccc2C(=O)O)CC(C)(C)N1. The van der Waals surface area contributed by atoms with Gasteiger partial charge in [0, 0.05) is 17.1 Å². The topological polar surface area (TPSA) is 78.4 Å². The van der Waals surface area contributed by atoms with Crippen LogP contribution in [0, 0.1) is 0 Å². The van der Waals surface area contributed by atoms with E-state index < -0.39 is 5.97 Å². The van der Waals surface area contributed by atoms with Crippen molar-refractivity contribution in [1.82, 2.24) is 10.6 Å². The van der Waals surface area contributed by atoms with Crippen LogP contribution in [0.25, 0.3) is 0 Å². The van der Waals surface area contributed by atoms with Crippen molar-refractivity contribution in [1.29, 1.82) is 0 Å². The Balaban J connectivity index is 2.17. The van der Waals surface area contributed by atoms with Gasteiger partial charge in [0.25, 0.3) is 5.91 Å². The zero-order valence-electron chi connectivity index (χ0n) is 13.6. The summed E-state index contributed by atoms with van der Waals surface area (Å²) in [5, 5.41) is 15.8. The number of benzene rings is 1. The van der Waals surface area contributed by atoms with E-state index in [1.54, 1.807) is 18.2 Å². The van der Waals surface area contributed by atoms with Crippen LogP contribution in [0.4, 0.5) is 0 Å². The Morgan fingerprint density at radius 1 is 1.09 bits per heavy atom. The number of carboxylic acid groups (broad SMARTS) is 1. The average Bonchev–Trinajstić information content (AvgIpc) is 2.34. The Labute approximate surface area is 131 Å². The van der Waals surface area contributed by atoms with Gasteiger partial charge in [0.15, 0.2) is 0 Å². The molecular weight excluding hydrogens is 280 g/mol. The van der Waals surface area contributed by atoms with Gasteiger partial charge in [-0.2, -0.15) is 0 Å². The van der Waals surface area contributed by atoms with Crippen molar-refractivity contribution >= 4 is 11.9 Å². The Kier molecular flexibility index (Phi) is 4.29. The third-order valence-corrected chi connectivity index (χ3v) is 3.93. The molecule has 22 heavy (non-hydrogen) atoms. The van der Waals surface area contributed by atoms with Crippen LogP contribution in [-0.4, -0.2) is 34.1 Å². The van der Waals surface area contributed by atoms with Gasteiger partial charge < -0.3 is 15.7 Å². The highest BCUT2D eigenvalue weighted by atomic mass is 16.4. The summed E-state index contributed by atoms with van der Waals surface area (Å²) in [5.74, 6) is -1.41. The standard InChI is InChI=1S/C17H24N2O3/c1-16(2)9-11(10-17(3,4)19-16)18-14(20)12-7-5-6-8-13(12)15(21)22/h5-8,11,19H,9-10H2,1-4H3,(H,18,20)(H,21,22). The highest BCUT2D eigenvalue weighted by Gasteiger charge is 2.38. The predicted molar refractivity (Wildman–Crippen MR) is 85.2 cm³/mol. The van der Waals surface area contributed by atoms with Crippen molar-refractivity contribution in [3.63, 3.8) is 0 Å². The first kappa shape index (κ1) is 16.5. The van der Waals surface area contributed by atoms with Crippen LogP contribution in [0.15, 0.2) is 24.3 Å². The third-order valence-electron chi connectivity index (χ3n) is 3.93. The van der Waals surface area contributed by atoms with Crippen molar-refractivity contribution < 1.29 is 14.7 Å².